The van der Waals surface area contributed by atoms with Crippen LogP contribution in [-0.4, -0.2) is 32.1 Å². The van der Waals surface area contributed by atoms with Gasteiger partial charge in [-0.2, -0.15) is 0 Å². The second-order valence-corrected chi connectivity index (χ2v) is 5.94. The van der Waals surface area contributed by atoms with E-state index in [1.165, 1.54) is 0 Å². The molecule has 2 amide bonds. The predicted octanol–water partition coefficient (Wildman–Crippen LogP) is 3.44. The third kappa shape index (κ3) is 4.92. The van der Waals surface area contributed by atoms with Gasteiger partial charge in [0, 0.05) is 30.5 Å². The number of hydrogen-bond acceptors (Lipinski definition) is 3. The first-order valence-electron chi connectivity index (χ1n) is 8.90. The molecule has 2 aromatic carbocycles. The molecule has 0 spiro atoms. The van der Waals surface area contributed by atoms with Crippen LogP contribution in [0.2, 0.25) is 0 Å². The van der Waals surface area contributed by atoms with Crippen molar-refractivity contribution in [1.29, 1.82) is 0 Å². The maximum absolute atomic E-state index is 12.7. The van der Waals surface area contributed by atoms with E-state index in [1.54, 1.807) is 31.4 Å². The molecule has 0 aliphatic rings. The first kappa shape index (κ1) is 19.7. The van der Waals surface area contributed by atoms with Gasteiger partial charge in [0.15, 0.2) is 0 Å². The molecule has 0 atom stereocenters. The Kier molecular flexibility index (Phi) is 7.36. The van der Waals surface area contributed by atoms with Crippen molar-refractivity contribution in [2.45, 2.75) is 26.7 Å². The maximum Gasteiger partial charge on any atom is 0.255 e. The minimum Gasteiger partial charge on any atom is -0.383 e. The number of ether oxygens (including phenoxy) is 1. The molecule has 0 saturated heterocycles. The number of carbonyl (C=O) groups excluding carboxylic acids is 2. The van der Waals surface area contributed by atoms with Gasteiger partial charge in [0.25, 0.3) is 11.8 Å². The van der Waals surface area contributed by atoms with E-state index < -0.39 is 0 Å². The molecule has 2 rings (SSSR count). The number of para-hydroxylation sites is 1. The molecule has 0 saturated carbocycles. The summed E-state index contributed by atoms with van der Waals surface area (Å²) >= 11 is 0. The number of rotatable bonds is 8. The first-order valence-corrected chi connectivity index (χ1v) is 8.90. The van der Waals surface area contributed by atoms with Crippen LogP contribution in [0.15, 0.2) is 42.5 Å². The Morgan fingerprint density at radius 2 is 1.50 bits per heavy atom. The lowest BCUT2D eigenvalue weighted by Gasteiger charge is -2.14. The molecule has 0 heterocycles. The van der Waals surface area contributed by atoms with E-state index in [0.29, 0.717) is 24.3 Å². The number of methoxy groups -OCH3 is 1. The third-order valence-electron chi connectivity index (χ3n) is 4.22. The summed E-state index contributed by atoms with van der Waals surface area (Å²) in [5, 5.41) is 5.78. The van der Waals surface area contributed by atoms with Gasteiger partial charge in [-0.1, -0.05) is 38.1 Å². The van der Waals surface area contributed by atoms with Crippen molar-refractivity contribution in [2.75, 3.05) is 25.6 Å². The number of hydrogen-bond donors (Lipinski definition) is 2. The quantitative estimate of drug-likeness (QED) is 0.714. The topological polar surface area (TPSA) is 67.4 Å². The Hall–Kier alpha value is -2.66. The van der Waals surface area contributed by atoms with Gasteiger partial charge in [0.05, 0.1) is 6.61 Å². The van der Waals surface area contributed by atoms with Crippen LogP contribution in [0.3, 0.4) is 0 Å². The van der Waals surface area contributed by atoms with Gasteiger partial charge in [-0.05, 0) is 42.2 Å². The average molecular weight is 354 g/mol. The molecular weight excluding hydrogens is 328 g/mol. The highest BCUT2D eigenvalue weighted by molar-refractivity contribution is 6.06. The fourth-order valence-corrected chi connectivity index (χ4v) is 2.76. The largest absolute Gasteiger partial charge is 0.383 e. The van der Waals surface area contributed by atoms with Gasteiger partial charge in [0.1, 0.15) is 0 Å². The van der Waals surface area contributed by atoms with Crippen LogP contribution in [0.5, 0.6) is 0 Å². The van der Waals surface area contributed by atoms with Crippen molar-refractivity contribution in [2.24, 2.45) is 0 Å². The summed E-state index contributed by atoms with van der Waals surface area (Å²) in [6, 6.07) is 12.8. The Labute approximate surface area is 154 Å². The maximum atomic E-state index is 12.7. The number of amides is 2. The highest BCUT2D eigenvalue weighted by Crippen LogP contribution is 2.23. The first-order chi connectivity index (χ1) is 12.6. The average Bonchev–Trinajstić information content (AvgIpc) is 2.68. The van der Waals surface area contributed by atoms with Gasteiger partial charge < -0.3 is 15.4 Å². The monoisotopic (exact) mass is 354 g/mol. The Morgan fingerprint density at radius 1 is 0.923 bits per heavy atom. The van der Waals surface area contributed by atoms with E-state index in [2.05, 4.69) is 24.5 Å². The van der Waals surface area contributed by atoms with Crippen LogP contribution in [0.4, 0.5) is 5.69 Å². The highest BCUT2D eigenvalue weighted by Gasteiger charge is 2.13. The molecule has 2 aromatic rings. The van der Waals surface area contributed by atoms with Crippen LogP contribution in [0.1, 0.15) is 45.7 Å². The van der Waals surface area contributed by atoms with E-state index in [-0.39, 0.29) is 11.8 Å². The summed E-state index contributed by atoms with van der Waals surface area (Å²) in [6.45, 7) is 5.00. The van der Waals surface area contributed by atoms with Crippen LogP contribution in [0, 0.1) is 0 Å². The van der Waals surface area contributed by atoms with Gasteiger partial charge in [-0.3, -0.25) is 9.59 Å². The molecule has 0 radical (unpaired) electrons. The van der Waals surface area contributed by atoms with Crippen molar-refractivity contribution in [3.63, 3.8) is 0 Å². The number of aryl methyl sites for hydroxylation is 2. The fraction of sp³-hybridized carbons (Fsp3) is 0.333. The zero-order valence-corrected chi connectivity index (χ0v) is 15.6. The Bertz CT molecular complexity index is 749. The van der Waals surface area contributed by atoms with E-state index in [4.69, 9.17) is 4.74 Å². The summed E-state index contributed by atoms with van der Waals surface area (Å²) < 4.78 is 4.92. The Morgan fingerprint density at radius 3 is 2.08 bits per heavy atom. The summed E-state index contributed by atoms with van der Waals surface area (Å²) in [5.41, 5.74) is 3.99. The molecule has 0 unspecified atom stereocenters. The van der Waals surface area contributed by atoms with Crippen molar-refractivity contribution < 1.29 is 14.3 Å². The predicted molar refractivity (Wildman–Crippen MR) is 104 cm³/mol. The Balaban J connectivity index is 2.18. The second kappa shape index (κ2) is 9.73. The van der Waals surface area contributed by atoms with Crippen LogP contribution >= 0.6 is 0 Å². The van der Waals surface area contributed by atoms with Crippen LogP contribution in [-0.2, 0) is 17.6 Å². The molecule has 0 aromatic heterocycles. The van der Waals surface area contributed by atoms with Gasteiger partial charge >= 0.3 is 0 Å². The molecule has 138 valence electrons. The van der Waals surface area contributed by atoms with Crippen molar-refractivity contribution in [1.82, 2.24) is 5.32 Å². The van der Waals surface area contributed by atoms with Gasteiger partial charge in [-0.25, -0.2) is 0 Å². The molecule has 5 nitrogen and oxygen atoms in total. The lowest BCUT2D eigenvalue weighted by Crippen LogP contribution is -2.27. The smallest absolute Gasteiger partial charge is 0.255 e. The standard InChI is InChI=1S/C21H26N2O3/c1-4-15-8-6-9-16(5-2)19(15)23-21(25)18-11-7-10-17(14-18)20(24)22-12-13-26-3/h6-11,14H,4-5,12-13H2,1-3H3,(H,22,24)(H,23,25). The molecule has 0 bridgehead atoms. The van der Waals surface area contributed by atoms with Crippen molar-refractivity contribution >= 4 is 17.5 Å². The second-order valence-electron chi connectivity index (χ2n) is 5.94. The number of nitrogens with one attached hydrogen (secondary N) is 2. The van der Waals surface area contributed by atoms with Gasteiger partial charge in [-0.15, -0.1) is 0 Å². The van der Waals surface area contributed by atoms with Crippen molar-refractivity contribution in [3.8, 4) is 0 Å². The normalized spacial score (nSPS) is 10.4. The highest BCUT2D eigenvalue weighted by atomic mass is 16.5. The van der Waals surface area contributed by atoms with E-state index >= 15 is 0 Å². The number of carbonyl (C=O) groups is 2. The molecule has 2 N–H and O–H groups in total. The minimum absolute atomic E-state index is 0.216. The molecule has 0 aliphatic heterocycles. The lowest BCUT2D eigenvalue weighted by atomic mass is 10.0. The van der Waals surface area contributed by atoms with E-state index in [9.17, 15) is 9.59 Å². The molecule has 0 fully saturated rings. The summed E-state index contributed by atoms with van der Waals surface area (Å²) in [5.74, 6) is -0.438. The zero-order chi connectivity index (χ0) is 18.9. The summed E-state index contributed by atoms with van der Waals surface area (Å²) in [4.78, 5) is 24.9. The van der Waals surface area contributed by atoms with E-state index in [0.717, 1.165) is 29.7 Å². The van der Waals surface area contributed by atoms with Crippen molar-refractivity contribution in [3.05, 3.63) is 64.7 Å². The number of anilines is 1. The molecule has 5 heteroatoms. The SMILES string of the molecule is CCc1cccc(CC)c1NC(=O)c1cccc(C(=O)NCCOC)c1. The molecule has 0 aliphatic carbocycles. The van der Waals surface area contributed by atoms with Crippen LogP contribution < -0.4 is 10.6 Å². The number of benzene rings is 2. The van der Waals surface area contributed by atoms with E-state index in [1.807, 2.05) is 18.2 Å². The molecular formula is C21H26N2O3. The fourth-order valence-electron chi connectivity index (χ4n) is 2.76. The third-order valence-corrected chi connectivity index (χ3v) is 4.22. The zero-order valence-electron chi connectivity index (χ0n) is 15.6. The summed E-state index contributed by atoms with van der Waals surface area (Å²) in [6.07, 6.45) is 1.68. The molecule has 26 heavy (non-hydrogen) atoms. The minimum atomic E-state index is -0.222. The summed E-state index contributed by atoms with van der Waals surface area (Å²) in [7, 11) is 1.58. The van der Waals surface area contributed by atoms with Gasteiger partial charge in [0.2, 0.25) is 0 Å². The lowest BCUT2D eigenvalue weighted by molar-refractivity contribution is 0.0937. The van der Waals surface area contributed by atoms with Crippen LogP contribution in [0.25, 0.3) is 0 Å².